The van der Waals surface area contributed by atoms with Crippen molar-refractivity contribution in [3.8, 4) is 0 Å². The van der Waals surface area contributed by atoms with Gasteiger partial charge in [-0.25, -0.2) is 9.97 Å². The smallest absolute Gasteiger partial charge is 0.133 e. The van der Waals surface area contributed by atoms with Crippen molar-refractivity contribution in [3.05, 3.63) is 22.7 Å². The first kappa shape index (κ1) is 9.46. The van der Waals surface area contributed by atoms with Gasteiger partial charge in [-0.2, -0.15) is 0 Å². The zero-order valence-corrected chi connectivity index (χ0v) is 8.23. The van der Waals surface area contributed by atoms with Gasteiger partial charge in [-0.1, -0.05) is 24.9 Å². The third kappa shape index (κ3) is 2.78. The monoisotopic (exact) mass is 184 g/mol. The summed E-state index contributed by atoms with van der Waals surface area (Å²) in [6.45, 7) is 4.02. The minimum atomic E-state index is 0.550. The van der Waals surface area contributed by atoms with Gasteiger partial charge in [0.25, 0.3) is 0 Å². The van der Waals surface area contributed by atoms with Crippen molar-refractivity contribution in [3.63, 3.8) is 0 Å². The molecule has 0 aromatic carbocycles. The molecule has 0 saturated carbocycles. The SMILES string of the molecule is CCCCc1cc(Cl)nc(C)n1. The Morgan fingerprint density at radius 1 is 1.42 bits per heavy atom. The minimum absolute atomic E-state index is 0.550. The summed E-state index contributed by atoms with van der Waals surface area (Å²) in [7, 11) is 0. The first-order chi connectivity index (χ1) is 5.72. The Bertz CT molecular complexity index is 240. The highest BCUT2D eigenvalue weighted by atomic mass is 35.5. The van der Waals surface area contributed by atoms with Gasteiger partial charge in [-0.05, 0) is 25.8 Å². The van der Waals surface area contributed by atoms with E-state index in [1.165, 1.54) is 6.42 Å². The van der Waals surface area contributed by atoms with Gasteiger partial charge >= 0.3 is 0 Å². The average Bonchev–Trinajstić information content (AvgIpc) is 1.99. The number of aryl methyl sites for hydroxylation is 2. The summed E-state index contributed by atoms with van der Waals surface area (Å²) >= 11 is 5.78. The molecule has 0 aliphatic heterocycles. The molecular formula is C9H13ClN2. The molecule has 66 valence electrons. The van der Waals surface area contributed by atoms with E-state index >= 15 is 0 Å². The van der Waals surface area contributed by atoms with Crippen molar-refractivity contribution in [1.29, 1.82) is 0 Å². The summed E-state index contributed by atoms with van der Waals surface area (Å²) < 4.78 is 0. The van der Waals surface area contributed by atoms with Crippen LogP contribution >= 0.6 is 11.6 Å². The number of nitrogens with zero attached hydrogens (tertiary/aromatic N) is 2. The molecule has 0 bridgehead atoms. The molecule has 12 heavy (non-hydrogen) atoms. The van der Waals surface area contributed by atoms with Crippen molar-refractivity contribution in [2.45, 2.75) is 33.1 Å². The van der Waals surface area contributed by atoms with E-state index in [9.17, 15) is 0 Å². The fourth-order valence-corrected chi connectivity index (χ4v) is 1.32. The van der Waals surface area contributed by atoms with Crippen molar-refractivity contribution in [1.82, 2.24) is 9.97 Å². The first-order valence-electron chi connectivity index (χ1n) is 4.22. The molecular weight excluding hydrogens is 172 g/mol. The molecule has 1 heterocycles. The van der Waals surface area contributed by atoms with Crippen molar-refractivity contribution in [2.75, 3.05) is 0 Å². The third-order valence-corrected chi connectivity index (χ3v) is 1.84. The number of rotatable bonds is 3. The number of halogens is 1. The van der Waals surface area contributed by atoms with Crippen LogP contribution in [0.3, 0.4) is 0 Å². The van der Waals surface area contributed by atoms with Gasteiger partial charge < -0.3 is 0 Å². The molecule has 0 aliphatic rings. The van der Waals surface area contributed by atoms with Gasteiger partial charge in [0.2, 0.25) is 0 Å². The number of unbranched alkanes of at least 4 members (excludes halogenated alkanes) is 1. The zero-order chi connectivity index (χ0) is 8.97. The lowest BCUT2D eigenvalue weighted by atomic mass is 10.2. The molecule has 0 N–H and O–H groups in total. The highest BCUT2D eigenvalue weighted by molar-refractivity contribution is 6.29. The molecule has 0 spiro atoms. The normalized spacial score (nSPS) is 10.2. The quantitative estimate of drug-likeness (QED) is 0.676. The zero-order valence-electron chi connectivity index (χ0n) is 7.47. The van der Waals surface area contributed by atoms with Crippen LogP contribution in [0, 0.1) is 6.92 Å². The average molecular weight is 185 g/mol. The highest BCUT2D eigenvalue weighted by Gasteiger charge is 1.98. The summed E-state index contributed by atoms with van der Waals surface area (Å²) in [5, 5.41) is 0.550. The summed E-state index contributed by atoms with van der Waals surface area (Å²) in [5.74, 6) is 0.758. The maximum atomic E-state index is 5.78. The van der Waals surface area contributed by atoms with E-state index in [1.54, 1.807) is 0 Å². The van der Waals surface area contributed by atoms with E-state index in [1.807, 2.05) is 13.0 Å². The van der Waals surface area contributed by atoms with Crippen LogP contribution in [-0.4, -0.2) is 9.97 Å². The van der Waals surface area contributed by atoms with Crippen LogP contribution in [0.4, 0.5) is 0 Å². The maximum absolute atomic E-state index is 5.78. The van der Waals surface area contributed by atoms with Gasteiger partial charge in [0.05, 0.1) is 0 Å². The van der Waals surface area contributed by atoms with Crippen LogP contribution in [0.25, 0.3) is 0 Å². The van der Waals surface area contributed by atoms with Crippen LogP contribution < -0.4 is 0 Å². The van der Waals surface area contributed by atoms with Crippen LogP contribution in [0.15, 0.2) is 6.07 Å². The molecule has 0 atom stereocenters. The van der Waals surface area contributed by atoms with E-state index in [0.717, 1.165) is 24.4 Å². The summed E-state index contributed by atoms with van der Waals surface area (Å²) in [5.41, 5.74) is 1.05. The van der Waals surface area contributed by atoms with Crippen LogP contribution in [0.5, 0.6) is 0 Å². The molecule has 0 radical (unpaired) electrons. The molecule has 1 rings (SSSR count). The van der Waals surface area contributed by atoms with Crippen LogP contribution in [0.2, 0.25) is 5.15 Å². The lowest BCUT2D eigenvalue weighted by Crippen LogP contribution is -1.95. The predicted octanol–water partition coefficient (Wildman–Crippen LogP) is 2.78. The molecule has 0 aliphatic carbocycles. The Labute approximate surface area is 78.0 Å². The molecule has 3 heteroatoms. The van der Waals surface area contributed by atoms with E-state index in [4.69, 9.17) is 11.6 Å². The number of hydrogen-bond donors (Lipinski definition) is 0. The van der Waals surface area contributed by atoms with Gasteiger partial charge in [0.15, 0.2) is 0 Å². The van der Waals surface area contributed by atoms with E-state index in [0.29, 0.717) is 5.15 Å². The van der Waals surface area contributed by atoms with Crippen LogP contribution in [0.1, 0.15) is 31.3 Å². The standard InChI is InChI=1S/C9H13ClN2/c1-3-4-5-8-6-9(10)12-7(2)11-8/h6H,3-5H2,1-2H3. The Morgan fingerprint density at radius 2 is 2.17 bits per heavy atom. The van der Waals surface area contributed by atoms with E-state index < -0.39 is 0 Å². The Kier molecular flexibility index (Phi) is 3.48. The first-order valence-corrected chi connectivity index (χ1v) is 4.60. The Morgan fingerprint density at radius 3 is 2.75 bits per heavy atom. The topological polar surface area (TPSA) is 25.8 Å². The largest absolute Gasteiger partial charge is 0.238 e. The highest BCUT2D eigenvalue weighted by Crippen LogP contribution is 2.09. The molecule has 0 fully saturated rings. The van der Waals surface area contributed by atoms with Crippen molar-refractivity contribution < 1.29 is 0 Å². The number of hydrogen-bond acceptors (Lipinski definition) is 2. The molecule has 2 nitrogen and oxygen atoms in total. The van der Waals surface area contributed by atoms with E-state index in [2.05, 4.69) is 16.9 Å². The second-order valence-corrected chi connectivity index (χ2v) is 3.22. The van der Waals surface area contributed by atoms with Gasteiger partial charge in [0, 0.05) is 5.69 Å². The van der Waals surface area contributed by atoms with Gasteiger partial charge in [-0.15, -0.1) is 0 Å². The van der Waals surface area contributed by atoms with Crippen LogP contribution in [-0.2, 0) is 6.42 Å². The molecule has 0 saturated heterocycles. The molecule has 1 aromatic heterocycles. The Balaban J connectivity index is 2.72. The molecule has 0 unspecified atom stereocenters. The molecule has 1 aromatic rings. The van der Waals surface area contributed by atoms with Crippen molar-refractivity contribution >= 4 is 11.6 Å². The second kappa shape index (κ2) is 4.41. The fraction of sp³-hybridized carbons (Fsp3) is 0.556. The second-order valence-electron chi connectivity index (χ2n) is 2.83. The number of aromatic nitrogens is 2. The predicted molar refractivity (Wildman–Crippen MR) is 50.4 cm³/mol. The third-order valence-electron chi connectivity index (χ3n) is 1.65. The lowest BCUT2D eigenvalue weighted by Gasteiger charge is -2.00. The Hall–Kier alpha value is -0.630. The maximum Gasteiger partial charge on any atom is 0.133 e. The summed E-state index contributed by atoms with van der Waals surface area (Å²) in [6, 6.07) is 1.84. The van der Waals surface area contributed by atoms with Gasteiger partial charge in [-0.3, -0.25) is 0 Å². The van der Waals surface area contributed by atoms with Gasteiger partial charge in [0.1, 0.15) is 11.0 Å². The summed E-state index contributed by atoms with van der Waals surface area (Å²) in [4.78, 5) is 8.27. The van der Waals surface area contributed by atoms with E-state index in [-0.39, 0.29) is 0 Å². The lowest BCUT2D eigenvalue weighted by molar-refractivity contribution is 0.768. The fourth-order valence-electron chi connectivity index (χ4n) is 1.08. The van der Waals surface area contributed by atoms with Crippen molar-refractivity contribution in [2.24, 2.45) is 0 Å². The molecule has 0 amide bonds. The summed E-state index contributed by atoms with van der Waals surface area (Å²) in [6.07, 6.45) is 3.34. The minimum Gasteiger partial charge on any atom is -0.238 e.